The van der Waals surface area contributed by atoms with Crippen LogP contribution in [0.1, 0.15) is 11.8 Å². The first-order chi connectivity index (χ1) is 5.70. The summed E-state index contributed by atoms with van der Waals surface area (Å²) < 4.78 is 0. The Kier molecular flexibility index (Phi) is 3.06. The topological polar surface area (TPSA) is 26.0 Å². The molecule has 2 N–H and O–H groups in total. The van der Waals surface area contributed by atoms with E-state index in [4.69, 9.17) is 5.73 Å². The molecule has 0 spiro atoms. The second kappa shape index (κ2) is 3.87. The fraction of sp³-hybridized carbons (Fsp3) is 0.400. The number of rotatable bonds is 4. The van der Waals surface area contributed by atoms with Gasteiger partial charge in [0.15, 0.2) is 0 Å². The highest BCUT2D eigenvalue weighted by atomic mass is 32.1. The molecule has 2 heteroatoms. The molecule has 66 valence electrons. The maximum absolute atomic E-state index is 5.67. The lowest BCUT2D eigenvalue weighted by Gasteiger charge is -2.22. The minimum absolute atomic E-state index is 0.0604. The summed E-state index contributed by atoms with van der Waals surface area (Å²) in [5.41, 5.74) is 5.73. The second-order valence-corrected chi connectivity index (χ2v) is 4.35. The largest absolute Gasteiger partial charge is 0.330 e. The first-order valence-electron chi connectivity index (χ1n) is 4.06. The molecule has 1 heterocycles. The molecule has 1 aromatic rings. The Labute approximate surface area is 77.9 Å². The van der Waals surface area contributed by atoms with Crippen LogP contribution in [0.3, 0.4) is 0 Å². The van der Waals surface area contributed by atoms with Crippen LogP contribution in [0, 0.1) is 5.41 Å². The molecule has 12 heavy (non-hydrogen) atoms. The molecule has 0 bridgehead atoms. The third-order valence-electron chi connectivity index (χ3n) is 2.12. The molecule has 0 fully saturated rings. The minimum atomic E-state index is 0.0604. The molecule has 1 nitrogen and oxygen atoms in total. The first kappa shape index (κ1) is 9.49. The molecule has 1 atom stereocenters. The van der Waals surface area contributed by atoms with Crippen molar-refractivity contribution in [3.05, 3.63) is 35.0 Å². The molecule has 1 unspecified atom stereocenters. The molecular formula is C10H15NS. The van der Waals surface area contributed by atoms with E-state index in [0.29, 0.717) is 6.54 Å². The molecule has 1 rings (SSSR count). The molecule has 0 aliphatic carbocycles. The predicted molar refractivity (Wildman–Crippen MR) is 55.4 cm³/mol. The highest BCUT2D eigenvalue weighted by Gasteiger charge is 2.18. The SMILES string of the molecule is C=CC(C)(CN)Cc1cccs1. The van der Waals surface area contributed by atoms with Crippen molar-refractivity contribution in [2.45, 2.75) is 13.3 Å². The maximum atomic E-state index is 5.67. The van der Waals surface area contributed by atoms with Crippen LogP contribution < -0.4 is 5.73 Å². The minimum Gasteiger partial charge on any atom is -0.330 e. The molecule has 0 aliphatic rings. The fourth-order valence-corrected chi connectivity index (χ4v) is 1.94. The van der Waals surface area contributed by atoms with Crippen LogP contribution in [0.2, 0.25) is 0 Å². The lowest BCUT2D eigenvalue weighted by molar-refractivity contribution is 0.442. The van der Waals surface area contributed by atoms with E-state index in [1.54, 1.807) is 11.3 Å². The van der Waals surface area contributed by atoms with E-state index in [9.17, 15) is 0 Å². The van der Waals surface area contributed by atoms with Crippen LogP contribution in [-0.4, -0.2) is 6.54 Å². The average Bonchev–Trinajstić information content (AvgIpc) is 2.57. The Bertz CT molecular complexity index is 240. The van der Waals surface area contributed by atoms with E-state index in [1.165, 1.54) is 4.88 Å². The van der Waals surface area contributed by atoms with Crippen molar-refractivity contribution in [1.82, 2.24) is 0 Å². The molecule has 0 saturated carbocycles. The van der Waals surface area contributed by atoms with Gasteiger partial charge in [-0.1, -0.05) is 19.1 Å². The number of hydrogen-bond acceptors (Lipinski definition) is 2. The lowest BCUT2D eigenvalue weighted by atomic mass is 9.86. The van der Waals surface area contributed by atoms with Crippen molar-refractivity contribution in [3.63, 3.8) is 0 Å². The highest BCUT2D eigenvalue weighted by molar-refractivity contribution is 7.09. The summed E-state index contributed by atoms with van der Waals surface area (Å²) in [6.45, 7) is 6.61. The van der Waals surface area contributed by atoms with Crippen molar-refractivity contribution in [3.8, 4) is 0 Å². The zero-order valence-electron chi connectivity index (χ0n) is 7.42. The van der Waals surface area contributed by atoms with Gasteiger partial charge in [0.1, 0.15) is 0 Å². The molecule has 0 saturated heterocycles. The van der Waals surface area contributed by atoms with Gasteiger partial charge in [-0.2, -0.15) is 0 Å². The molecular weight excluding hydrogens is 166 g/mol. The van der Waals surface area contributed by atoms with Gasteiger partial charge in [0.25, 0.3) is 0 Å². The summed E-state index contributed by atoms with van der Waals surface area (Å²) in [7, 11) is 0. The van der Waals surface area contributed by atoms with Crippen molar-refractivity contribution >= 4 is 11.3 Å². The van der Waals surface area contributed by atoms with Crippen molar-refractivity contribution in [2.75, 3.05) is 6.54 Å². The second-order valence-electron chi connectivity index (χ2n) is 3.32. The molecule has 0 amide bonds. The molecule has 1 aromatic heterocycles. The normalized spacial score (nSPS) is 15.5. The van der Waals surface area contributed by atoms with Gasteiger partial charge in [0, 0.05) is 16.8 Å². The van der Waals surface area contributed by atoms with Gasteiger partial charge in [-0.25, -0.2) is 0 Å². The predicted octanol–water partition coefficient (Wildman–Crippen LogP) is 2.44. The van der Waals surface area contributed by atoms with Crippen molar-refractivity contribution < 1.29 is 0 Å². The zero-order chi connectivity index (χ0) is 9.03. The average molecular weight is 181 g/mol. The third kappa shape index (κ3) is 2.19. The summed E-state index contributed by atoms with van der Waals surface area (Å²) >= 11 is 1.78. The van der Waals surface area contributed by atoms with Gasteiger partial charge in [0.2, 0.25) is 0 Å². The standard InChI is InChI=1S/C10H15NS/c1-3-10(2,8-11)7-9-5-4-6-12-9/h3-6H,1,7-8,11H2,2H3. The van der Waals surface area contributed by atoms with E-state index >= 15 is 0 Å². The van der Waals surface area contributed by atoms with Gasteiger partial charge < -0.3 is 5.73 Å². The van der Waals surface area contributed by atoms with E-state index < -0.39 is 0 Å². The van der Waals surface area contributed by atoms with Crippen molar-refractivity contribution in [1.29, 1.82) is 0 Å². The monoisotopic (exact) mass is 181 g/mol. The summed E-state index contributed by atoms with van der Waals surface area (Å²) in [4.78, 5) is 1.38. The Hall–Kier alpha value is -0.600. The molecule has 0 radical (unpaired) electrons. The lowest BCUT2D eigenvalue weighted by Crippen LogP contribution is -2.26. The van der Waals surface area contributed by atoms with E-state index in [1.807, 2.05) is 6.08 Å². The van der Waals surface area contributed by atoms with Crippen LogP contribution >= 0.6 is 11.3 Å². The summed E-state index contributed by atoms with van der Waals surface area (Å²) in [6, 6.07) is 4.21. The summed E-state index contributed by atoms with van der Waals surface area (Å²) in [5.74, 6) is 0. The van der Waals surface area contributed by atoms with Gasteiger partial charge >= 0.3 is 0 Å². The smallest absolute Gasteiger partial charge is 0.00542 e. The zero-order valence-corrected chi connectivity index (χ0v) is 8.23. The Balaban J connectivity index is 2.66. The number of nitrogens with two attached hydrogens (primary N) is 1. The Morgan fingerprint density at radius 3 is 2.92 bits per heavy atom. The van der Waals surface area contributed by atoms with Crippen LogP contribution in [0.4, 0.5) is 0 Å². The summed E-state index contributed by atoms with van der Waals surface area (Å²) in [6.07, 6.45) is 2.96. The van der Waals surface area contributed by atoms with Gasteiger partial charge in [-0.3, -0.25) is 0 Å². The van der Waals surface area contributed by atoms with Crippen LogP contribution in [-0.2, 0) is 6.42 Å². The Morgan fingerprint density at radius 1 is 1.75 bits per heavy atom. The highest BCUT2D eigenvalue weighted by Crippen LogP contribution is 2.24. The maximum Gasteiger partial charge on any atom is 0.00542 e. The molecule has 0 aromatic carbocycles. The van der Waals surface area contributed by atoms with Crippen LogP contribution in [0.5, 0.6) is 0 Å². The van der Waals surface area contributed by atoms with Gasteiger partial charge in [-0.05, 0) is 17.9 Å². The van der Waals surface area contributed by atoms with E-state index in [-0.39, 0.29) is 5.41 Å². The number of hydrogen-bond donors (Lipinski definition) is 1. The quantitative estimate of drug-likeness (QED) is 0.709. The number of thiophene rings is 1. The van der Waals surface area contributed by atoms with Crippen LogP contribution in [0.15, 0.2) is 30.2 Å². The fourth-order valence-electron chi connectivity index (χ4n) is 1.04. The third-order valence-corrected chi connectivity index (χ3v) is 2.99. The summed E-state index contributed by atoms with van der Waals surface area (Å²) in [5, 5.41) is 2.09. The van der Waals surface area contributed by atoms with Crippen LogP contribution in [0.25, 0.3) is 0 Å². The van der Waals surface area contributed by atoms with E-state index in [0.717, 1.165) is 6.42 Å². The van der Waals surface area contributed by atoms with E-state index in [2.05, 4.69) is 31.0 Å². The van der Waals surface area contributed by atoms with Gasteiger partial charge in [0.05, 0.1) is 0 Å². The first-order valence-corrected chi connectivity index (χ1v) is 4.94. The Morgan fingerprint density at radius 2 is 2.50 bits per heavy atom. The molecule has 0 aliphatic heterocycles. The van der Waals surface area contributed by atoms with Gasteiger partial charge in [-0.15, -0.1) is 17.9 Å². The van der Waals surface area contributed by atoms with Crippen molar-refractivity contribution in [2.24, 2.45) is 11.1 Å².